The largest absolute Gasteiger partial charge is 0.459 e. The van der Waals surface area contributed by atoms with Crippen molar-refractivity contribution in [2.24, 2.45) is 5.73 Å². The van der Waals surface area contributed by atoms with Crippen LogP contribution >= 0.6 is 11.8 Å². The number of hydrogen-bond acceptors (Lipinski definition) is 5. The van der Waals surface area contributed by atoms with Gasteiger partial charge in [-0.2, -0.15) is 0 Å². The minimum atomic E-state index is -0.170. The monoisotopic (exact) mass is 274 g/mol. The maximum Gasteiger partial charge on any atom is 0.208 e. The molecule has 0 amide bonds. The van der Waals surface area contributed by atoms with E-state index in [0.29, 0.717) is 10.9 Å². The minimum absolute atomic E-state index is 0.170. The molecule has 6 heteroatoms. The SMILES string of the molecule is Cc1nc(SCC(N)c2cc3ccccc3o2)n[nH]1. The van der Waals surface area contributed by atoms with Gasteiger partial charge < -0.3 is 10.2 Å². The Bertz CT molecular complexity index is 658. The first kappa shape index (κ1) is 12.3. The van der Waals surface area contributed by atoms with E-state index in [-0.39, 0.29) is 6.04 Å². The van der Waals surface area contributed by atoms with Crippen molar-refractivity contribution in [1.29, 1.82) is 0 Å². The Kier molecular flexibility index (Phi) is 3.27. The molecule has 3 rings (SSSR count). The maximum absolute atomic E-state index is 6.13. The first-order valence-electron chi connectivity index (χ1n) is 5.98. The van der Waals surface area contributed by atoms with Crippen LogP contribution in [0.4, 0.5) is 0 Å². The molecule has 0 radical (unpaired) electrons. The number of aromatic nitrogens is 3. The molecule has 0 saturated heterocycles. The highest BCUT2D eigenvalue weighted by atomic mass is 32.2. The van der Waals surface area contributed by atoms with Crippen LogP contribution in [0.1, 0.15) is 17.6 Å². The molecule has 1 unspecified atom stereocenters. The Morgan fingerprint density at radius 1 is 1.42 bits per heavy atom. The van der Waals surface area contributed by atoms with Crippen LogP contribution in [0.3, 0.4) is 0 Å². The second kappa shape index (κ2) is 5.07. The van der Waals surface area contributed by atoms with E-state index in [1.54, 1.807) is 0 Å². The molecule has 0 bridgehead atoms. The molecule has 3 N–H and O–H groups in total. The van der Waals surface area contributed by atoms with Gasteiger partial charge in [-0.1, -0.05) is 30.0 Å². The zero-order valence-electron chi connectivity index (χ0n) is 10.5. The fourth-order valence-electron chi connectivity index (χ4n) is 1.82. The number of para-hydroxylation sites is 1. The van der Waals surface area contributed by atoms with E-state index in [2.05, 4.69) is 15.2 Å². The summed E-state index contributed by atoms with van der Waals surface area (Å²) >= 11 is 1.52. The highest BCUT2D eigenvalue weighted by molar-refractivity contribution is 7.99. The Labute approximate surface area is 114 Å². The van der Waals surface area contributed by atoms with E-state index in [1.807, 2.05) is 37.3 Å². The van der Waals surface area contributed by atoms with Crippen LogP contribution in [-0.4, -0.2) is 20.9 Å². The summed E-state index contributed by atoms with van der Waals surface area (Å²) in [6.45, 7) is 1.87. The summed E-state index contributed by atoms with van der Waals surface area (Å²) in [7, 11) is 0. The smallest absolute Gasteiger partial charge is 0.208 e. The molecule has 3 aromatic rings. The summed E-state index contributed by atoms with van der Waals surface area (Å²) < 4.78 is 5.74. The first-order valence-corrected chi connectivity index (χ1v) is 6.97. The van der Waals surface area contributed by atoms with Gasteiger partial charge in [-0.05, 0) is 19.1 Å². The summed E-state index contributed by atoms with van der Waals surface area (Å²) in [5, 5.41) is 8.66. The number of thioether (sulfide) groups is 1. The van der Waals surface area contributed by atoms with Crippen LogP contribution in [-0.2, 0) is 0 Å². The van der Waals surface area contributed by atoms with Crippen molar-refractivity contribution in [1.82, 2.24) is 15.2 Å². The van der Waals surface area contributed by atoms with Crippen molar-refractivity contribution >= 4 is 22.7 Å². The minimum Gasteiger partial charge on any atom is -0.459 e. The summed E-state index contributed by atoms with van der Waals surface area (Å²) in [5.74, 6) is 2.28. The van der Waals surface area contributed by atoms with Gasteiger partial charge in [-0.15, -0.1) is 5.10 Å². The number of nitrogens with two attached hydrogens (primary N) is 1. The summed E-state index contributed by atoms with van der Waals surface area (Å²) in [5.41, 5.74) is 7.00. The lowest BCUT2D eigenvalue weighted by atomic mass is 10.2. The third kappa shape index (κ3) is 2.64. The number of benzene rings is 1. The van der Waals surface area contributed by atoms with Gasteiger partial charge >= 0.3 is 0 Å². The second-order valence-corrected chi connectivity index (χ2v) is 5.29. The van der Waals surface area contributed by atoms with Crippen LogP contribution in [0.25, 0.3) is 11.0 Å². The van der Waals surface area contributed by atoms with Crippen molar-refractivity contribution in [2.45, 2.75) is 18.1 Å². The molecule has 19 heavy (non-hydrogen) atoms. The number of aromatic amines is 1. The molecule has 0 aliphatic rings. The van der Waals surface area contributed by atoms with E-state index in [1.165, 1.54) is 11.8 Å². The average Bonchev–Trinajstić information content (AvgIpc) is 3.01. The molecular weight excluding hydrogens is 260 g/mol. The van der Waals surface area contributed by atoms with Crippen molar-refractivity contribution in [3.05, 3.63) is 41.9 Å². The number of nitrogens with zero attached hydrogens (tertiary/aromatic N) is 2. The Hall–Kier alpha value is -1.79. The van der Waals surface area contributed by atoms with Crippen molar-refractivity contribution in [2.75, 3.05) is 5.75 Å². The Balaban J connectivity index is 1.71. The molecule has 0 aliphatic carbocycles. The zero-order chi connectivity index (χ0) is 13.2. The lowest BCUT2D eigenvalue weighted by molar-refractivity contribution is 0.516. The van der Waals surface area contributed by atoms with Gasteiger partial charge in [0.25, 0.3) is 0 Å². The number of nitrogens with one attached hydrogen (secondary N) is 1. The van der Waals surface area contributed by atoms with E-state index in [4.69, 9.17) is 10.2 Å². The zero-order valence-corrected chi connectivity index (χ0v) is 11.3. The first-order chi connectivity index (χ1) is 9.22. The van der Waals surface area contributed by atoms with E-state index < -0.39 is 0 Å². The van der Waals surface area contributed by atoms with Gasteiger partial charge in [0, 0.05) is 11.1 Å². The summed E-state index contributed by atoms with van der Waals surface area (Å²) in [6.07, 6.45) is 0. The molecule has 0 aliphatic heterocycles. The maximum atomic E-state index is 6.13. The van der Waals surface area contributed by atoms with E-state index >= 15 is 0 Å². The van der Waals surface area contributed by atoms with Gasteiger partial charge in [0.1, 0.15) is 17.2 Å². The van der Waals surface area contributed by atoms with Gasteiger partial charge in [0.05, 0.1) is 6.04 Å². The standard InChI is InChI=1S/C13H14N4OS/c1-8-15-13(17-16-8)19-7-10(14)12-6-9-4-2-3-5-11(9)18-12/h2-6,10H,7,14H2,1H3,(H,15,16,17). The van der Waals surface area contributed by atoms with Crippen molar-refractivity contribution in [3.8, 4) is 0 Å². The summed E-state index contributed by atoms with van der Waals surface area (Å²) in [6, 6.07) is 9.71. The molecule has 1 atom stereocenters. The number of aryl methyl sites for hydroxylation is 1. The third-order valence-corrected chi connectivity index (χ3v) is 3.75. The number of H-pyrrole nitrogens is 1. The molecule has 0 fully saturated rings. The number of fused-ring (bicyclic) bond motifs is 1. The fraction of sp³-hybridized carbons (Fsp3) is 0.231. The van der Waals surface area contributed by atoms with Gasteiger partial charge in [0.2, 0.25) is 5.16 Å². The van der Waals surface area contributed by atoms with E-state index in [0.717, 1.165) is 22.6 Å². The molecule has 2 heterocycles. The van der Waals surface area contributed by atoms with Crippen LogP contribution in [0.2, 0.25) is 0 Å². The van der Waals surface area contributed by atoms with E-state index in [9.17, 15) is 0 Å². The molecular formula is C13H14N4OS. The quantitative estimate of drug-likeness (QED) is 0.715. The normalized spacial score (nSPS) is 12.9. The predicted molar refractivity (Wildman–Crippen MR) is 75.0 cm³/mol. The second-order valence-electron chi connectivity index (χ2n) is 4.31. The van der Waals surface area contributed by atoms with Crippen molar-refractivity contribution < 1.29 is 4.42 Å². The lowest BCUT2D eigenvalue weighted by Gasteiger charge is -2.05. The summed E-state index contributed by atoms with van der Waals surface area (Å²) in [4.78, 5) is 4.23. The topological polar surface area (TPSA) is 80.7 Å². The number of furan rings is 1. The Morgan fingerprint density at radius 2 is 2.26 bits per heavy atom. The highest BCUT2D eigenvalue weighted by Gasteiger charge is 2.13. The van der Waals surface area contributed by atoms with Gasteiger partial charge in [0.15, 0.2) is 0 Å². The molecule has 0 saturated carbocycles. The van der Waals surface area contributed by atoms with Crippen LogP contribution < -0.4 is 5.73 Å². The third-order valence-electron chi connectivity index (χ3n) is 2.78. The van der Waals surface area contributed by atoms with Crippen molar-refractivity contribution in [3.63, 3.8) is 0 Å². The number of hydrogen-bond donors (Lipinski definition) is 2. The molecule has 2 aromatic heterocycles. The van der Waals surface area contributed by atoms with Crippen LogP contribution in [0, 0.1) is 6.92 Å². The fourth-order valence-corrected chi connectivity index (χ4v) is 2.62. The molecule has 1 aromatic carbocycles. The molecule has 5 nitrogen and oxygen atoms in total. The Morgan fingerprint density at radius 3 is 3.00 bits per heavy atom. The highest BCUT2D eigenvalue weighted by Crippen LogP contribution is 2.26. The van der Waals surface area contributed by atoms with Gasteiger partial charge in [-0.3, -0.25) is 5.10 Å². The van der Waals surface area contributed by atoms with Crippen LogP contribution in [0.5, 0.6) is 0 Å². The van der Waals surface area contributed by atoms with Crippen LogP contribution in [0.15, 0.2) is 39.9 Å². The number of rotatable bonds is 4. The van der Waals surface area contributed by atoms with Gasteiger partial charge in [-0.25, -0.2) is 4.98 Å². The molecule has 0 spiro atoms. The molecule has 98 valence electrons. The predicted octanol–water partition coefficient (Wildman–Crippen LogP) is 2.65. The lowest BCUT2D eigenvalue weighted by Crippen LogP contribution is -2.12. The average molecular weight is 274 g/mol.